The maximum Gasteiger partial charge on any atom is 0.242 e. The van der Waals surface area contributed by atoms with Crippen LogP contribution in [-0.2, 0) is 4.79 Å². The van der Waals surface area contributed by atoms with Crippen molar-refractivity contribution in [3.63, 3.8) is 0 Å². The molecule has 1 amide bonds. The lowest BCUT2D eigenvalue weighted by molar-refractivity contribution is -0.121. The van der Waals surface area contributed by atoms with Crippen LogP contribution in [0.1, 0.15) is 20.3 Å². The molecule has 2 aromatic heterocycles. The molecule has 0 spiro atoms. The zero-order chi connectivity index (χ0) is 13.8. The summed E-state index contributed by atoms with van der Waals surface area (Å²) in [5.74, 6) is 0.371. The fraction of sp³-hybridized carbons (Fsp3) is 0.455. The van der Waals surface area contributed by atoms with E-state index in [4.69, 9.17) is 11.6 Å². The summed E-state index contributed by atoms with van der Waals surface area (Å²) in [6, 6.07) is -0.427. The molecular formula is C11H15ClN6O. The Hall–Kier alpha value is -1.89. The van der Waals surface area contributed by atoms with Crippen LogP contribution in [0.15, 0.2) is 6.33 Å². The van der Waals surface area contributed by atoms with Crippen LogP contribution >= 0.6 is 11.6 Å². The van der Waals surface area contributed by atoms with Crippen molar-refractivity contribution >= 4 is 34.5 Å². The molecule has 3 N–H and O–H groups in total. The van der Waals surface area contributed by atoms with Gasteiger partial charge in [-0.2, -0.15) is 9.97 Å². The molecule has 7 nitrogen and oxygen atoms in total. The molecule has 0 aliphatic rings. The minimum Gasteiger partial charge on any atom is -0.357 e. The summed E-state index contributed by atoms with van der Waals surface area (Å²) in [6.07, 6.45) is 2.39. The molecule has 102 valence electrons. The van der Waals surface area contributed by atoms with Gasteiger partial charge in [0.2, 0.25) is 11.2 Å². The minimum absolute atomic E-state index is 0.0864. The van der Waals surface area contributed by atoms with Crippen LogP contribution < -0.4 is 10.6 Å². The van der Waals surface area contributed by atoms with Crippen molar-refractivity contribution in [2.24, 2.45) is 0 Å². The average molecular weight is 283 g/mol. The molecule has 0 saturated carbocycles. The first-order valence-corrected chi connectivity index (χ1v) is 6.40. The van der Waals surface area contributed by atoms with Gasteiger partial charge in [0.25, 0.3) is 0 Å². The number of aromatic nitrogens is 4. The van der Waals surface area contributed by atoms with Crippen LogP contribution in [0.4, 0.5) is 5.82 Å². The lowest BCUT2D eigenvalue weighted by Crippen LogP contribution is -2.38. The zero-order valence-corrected chi connectivity index (χ0v) is 11.5. The molecule has 8 heteroatoms. The highest BCUT2D eigenvalue weighted by atomic mass is 35.5. The number of carbonyl (C=O) groups is 1. The number of anilines is 1. The Balaban J connectivity index is 2.16. The third kappa shape index (κ3) is 3.11. The molecule has 0 aliphatic heterocycles. The number of hydrogen-bond donors (Lipinski definition) is 3. The molecule has 2 rings (SSSR count). The second-order valence-corrected chi connectivity index (χ2v) is 4.44. The number of halogens is 1. The van der Waals surface area contributed by atoms with E-state index in [2.05, 4.69) is 30.6 Å². The summed E-state index contributed by atoms with van der Waals surface area (Å²) < 4.78 is 0. The maximum absolute atomic E-state index is 11.8. The van der Waals surface area contributed by atoms with Crippen LogP contribution in [-0.4, -0.2) is 38.4 Å². The predicted octanol–water partition coefficient (Wildman–Crippen LogP) is 1.33. The first-order valence-electron chi connectivity index (χ1n) is 6.02. The van der Waals surface area contributed by atoms with Gasteiger partial charge < -0.3 is 15.6 Å². The first kappa shape index (κ1) is 13.5. The molecule has 1 unspecified atom stereocenters. The van der Waals surface area contributed by atoms with Crippen molar-refractivity contribution in [1.29, 1.82) is 0 Å². The third-order valence-corrected chi connectivity index (χ3v) is 2.72. The Morgan fingerprint density at radius 3 is 3.05 bits per heavy atom. The van der Waals surface area contributed by atoms with Crippen LogP contribution in [0.3, 0.4) is 0 Å². The van der Waals surface area contributed by atoms with E-state index in [9.17, 15) is 4.79 Å². The second-order valence-electron chi connectivity index (χ2n) is 4.10. The van der Waals surface area contributed by atoms with Crippen molar-refractivity contribution < 1.29 is 4.79 Å². The minimum atomic E-state index is -0.427. The van der Waals surface area contributed by atoms with E-state index in [0.717, 1.165) is 6.42 Å². The fourth-order valence-corrected chi connectivity index (χ4v) is 1.75. The standard InChI is InChI=1S/C11H15ClN6O/c1-3-4-13-10(19)6(2)16-9-7-8(15-5-14-7)17-11(12)18-9/h5-6H,3-4H2,1-2H3,(H,13,19)(H2,14,15,16,17,18). The largest absolute Gasteiger partial charge is 0.357 e. The number of rotatable bonds is 5. The van der Waals surface area contributed by atoms with E-state index in [1.165, 1.54) is 6.33 Å². The summed E-state index contributed by atoms with van der Waals surface area (Å²) in [4.78, 5) is 26.8. The van der Waals surface area contributed by atoms with Crippen LogP contribution in [0, 0.1) is 0 Å². The number of H-pyrrole nitrogens is 1. The monoisotopic (exact) mass is 282 g/mol. The Bertz CT molecular complexity index is 584. The Morgan fingerprint density at radius 1 is 1.53 bits per heavy atom. The lowest BCUT2D eigenvalue weighted by atomic mass is 10.3. The number of carbonyl (C=O) groups excluding carboxylic acids is 1. The molecule has 0 bridgehead atoms. The number of nitrogens with zero attached hydrogens (tertiary/aromatic N) is 3. The van der Waals surface area contributed by atoms with Gasteiger partial charge in [-0.05, 0) is 24.9 Å². The van der Waals surface area contributed by atoms with Gasteiger partial charge in [-0.1, -0.05) is 6.92 Å². The quantitative estimate of drug-likeness (QED) is 0.719. The van der Waals surface area contributed by atoms with Gasteiger partial charge in [0.15, 0.2) is 11.5 Å². The van der Waals surface area contributed by atoms with Gasteiger partial charge in [-0.25, -0.2) is 4.98 Å². The van der Waals surface area contributed by atoms with Crippen molar-refractivity contribution in [2.45, 2.75) is 26.3 Å². The Labute approximate surface area is 115 Å². The number of imidazole rings is 1. The smallest absolute Gasteiger partial charge is 0.242 e. The zero-order valence-electron chi connectivity index (χ0n) is 10.7. The molecule has 0 saturated heterocycles. The molecule has 2 aromatic rings. The van der Waals surface area contributed by atoms with Gasteiger partial charge in [0.1, 0.15) is 11.6 Å². The molecule has 0 aliphatic carbocycles. The Kier molecular flexibility index (Phi) is 4.16. The molecule has 0 fully saturated rings. The second kappa shape index (κ2) is 5.83. The predicted molar refractivity (Wildman–Crippen MR) is 73.1 cm³/mol. The number of fused-ring (bicyclic) bond motifs is 1. The van der Waals surface area contributed by atoms with E-state index in [0.29, 0.717) is 23.5 Å². The number of amides is 1. The summed E-state index contributed by atoms with van der Waals surface area (Å²) >= 11 is 5.81. The van der Waals surface area contributed by atoms with Crippen molar-refractivity contribution in [2.75, 3.05) is 11.9 Å². The third-order valence-electron chi connectivity index (χ3n) is 2.55. The summed E-state index contributed by atoms with van der Waals surface area (Å²) in [7, 11) is 0. The van der Waals surface area contributed by atoms with Crippen molar-refractivity contribution in [3.05, 3.63) is 11.6 Å². The van der Waals surface area contributed by atoms with Crippen molar-refractivity contribution in [1.82, 2.24) is 25.3 Å². The van der Waals surface area contributed by atoms with Gasteiger partial charge >= 0.3 is 0 Å². The highest BCUT2D eigenvalue weighted by molar-refractivity contribution is 6.28. The highest BCUT2D eigenvalue weighted by Crippen LogP contribution is 2.19. The number of aromatic amines is 1. The molecule has 1 atom stereocenters. The Morgan fingerprint density at radius 2 is 2.32 bits per heavy atom. The van der Waals surface area contributed by atoms with Crippen LogP contribution in [0.2, 0.25) is 5.28 Å². The SMILES string of the molecule is CCCNC(=O)C(C)Nc1nc(Cl)nc2nc[nH]c12. The van der Waals surface area contributed by atoms with Crippen LogP contribution in [0.25, 0.3) is 11.2 Å². The van der Waals surface area contributed by atoms with Gasteiger partial charge in [0.05, 0.1) is 6.33 Å². The lowest BCUT2D eigenvalue weighted by Gasteiger charge is -2.14. The first-order chi connectivity index (χ1) is 9.11. The van der Waals surface area contributed by atoms with E-state index < -0.39 is 6.04 Å². The highest BCUT2D eigenvalue weighted by Gasteiger charge is 2.16. The van der Waals surface area contributed by atoms with E-state index in [1.807, 2.05) is 6.92 Å². The van der Waals surface area contributed by atoms with Gasteiger partial charge in [-0.3, -0.25) is 4.79 Å². The number of hydrogen-bond acceptors (Lipinski definition) is 5. The normalized spacial score (nSPS) is 12.4. The fourth-order valence-electron chi connectivity index (χ4n) is 1.58. The number of nitrogens with one attached hydrogen (secondary N) is 3. The van der Waals surface area contributed by atoms with Crippen LogP contribution in [0.5, 0.6) is 0 Å². The van der Waals surface area contributed by atoms with Gasteiger partial charge in [0, 0.05) is 6.54 Å². The summed E-state index contributed by atoms with van der Waals surface area (Å²) in [5, 5.41) is 5.89. The average Bonchev–Trinajstić information content (AvgIpc) is 2.83. The topological polar surface area (TPSA) is 95.6 Å². The molecule has 19 heavy (non-hydrogen) atoms. The molecule has 0 radical (unpaired) electrons. The summed E-state index contributed by atoms with van der Waals surface area (Å²) in [6.45, 7) is 4.40. The summed E-state index contributed by atoms with van der Waals surface area (Å²) in [5.41, 5.74) is 1.09. The maximum atomic E-state index is 11.8. The van der Waals surface area contributed by atoms with E-state index >= 15 is 0 Å². The van der Waals surface area contributed by atoms with Crippen molar-refractivity contribution in [3.8, 4) is 0 Å². The molecule has 2 heterocycles. The van der Waals surface area contributed by atoms with Gasteiger partial charge in [-0.15, -0.1) is 0 Å². The van der Waals surface area contributed by atoms with E-state index in [-0.39, 0.29) is 11.2 Å². The van der Waals surface area contributed by atoms with E-state index in [1.54, 1.807) is 6.92 Å². The molecule has 0 aromatic carbocycles. The molecular weight excluding hydrogens is 268 g/mol.